The number of hydrogen-bond donors (Lipinski definition) is 0. The third kappa shape index (κ3) is 11.3. The van der Waals surface area contributed by atoms with Crippen molar-refractivity contribution in [2.45, 2.75) is 47.5 Å². The van der Waals surface area contributed by atoms with Crippen molar-refractivity contribution < 1.29 is 0 Å². The topological polar surface area (TPSA) is 0 Å². The zero-order valence-corrected chi connectivity index (χ0v) is 15.7. The summed E-state index contributed by atoms with van der Waals surface area (Å²) in [4.78, 5) is 4.72. The summed E-state index contributed by atoms with van der Waals surface area (Å²) in [7, 11) is 0. The third-order valence-electron chi connectivity index (χ3n) is 3.05. The maximum Gasteiger partial charge on any atom is 0.362 e. The first-order valence-corrected chi connectivity index (χ1v) is 9.66. The minimum atomic E-state index is -1.26. The summed E-state index contributed by atoms with van der Waals surface area (Å²) < 4.78 is 1.55. The number of allylic oxidation sites excluding steroid dienone is 7. The van der Waals surface area contributed by atoms with Crippen LogP contribution < -0.4 is 0 Å². The molecule has 0 aromatic heterocycles. The molecule has 114 valence electrons. The monoisotopic (exact) mass is 298 g/mol. The summed E-state index contributed by atoms with van der Waals surface area (Å²) in [6.45, 7) is 22.7. The average molecular weight is 298 g/mol. The summed E-state index contributed by atoms with van der Waals surface area (Å²) in [5, 5.41) is 0. The van der Waals surface area contributed by atoms with E-state index in [4.69, 9.17) is 0 Å². The molecular weight excluding hydrogens is 267 g/mol. The Balaban J connectivity index is 5.38. The van der Waals surface area contributed by atoms with Crippen molar-refractivity contribution >= 4 is 14.1 Å². The van der Waals surface area contributed by atoms with Crippen molar-refractivity contribution in [3.05, 3.63) is 69.0 Å². The molecule has 0 atom stereocenters. The SMILES string of the molecule is C=C(C)C=[CH][Al]([CH]=CC(=C)C)[C](=CC(=C)C)CCC(C)C. The zero-order chi connectivity index (χ0) is 16.4. The lowest BCUT2D eigenvalue weighted by molar-refractivity contribution is 0.590. The fourth-order valence-corrected chi connectivity index (χ4v) is 4.63. The molecule has 0 spiro atoms. The summed E-state index contributed by atoms with van der Waals surface area (Å²) in [5.74, 6) is 0.725. The highest BCUT2D eigenvalue weighted by molar-refractivity contribution is 6.76. The lowest BCUT2D eigenvalue weighted by atomic mass is 10.1. The van der Waals surface area contributed by atoms with Crippen LogP contribution in [0.4, 0.5) is 0 Å². The van der Waals surface area contributed by atoms with Crippen LogP contribution >= 0.6 is 0 Å². The molecular formula is C20H31Al. The second-order valence-corrected chi connectivity index (χ2v) is 9.00. The van der Waals surface area contributed by atoms with Gasteiger partial charge in [0.05, 0.1) is 0 Å². The van der Waals surface area contributed by atoms with Gasteiger partial charge in [0, 0.05) is 0 Å². The van der Waals surface area contributed by atoms with E-state index in [0.717, 1.165) is 29.1 Å². The van der Waals surface area contributed by atoms with Crippen molar-refractivity contribution in [2.24, 2.45) is 5.92 Å². The summed E-state index contributed by atoms with van der Waals surface area (Å²) in [6, 6.07) is 0. The van der Waals surface area contributed by atoms with E-state index in [1.54, 1.807) is 4.44 Å². The lowest BCUT2D eigenvalue weighted by Gasteiger charge is -2.12. The fraction of sp³-hybridized carbons (Fsp3) is 0.400. The van der Waals surface area contributed by atoms with E-state index in [-0.39, 0.29) is 0 Å². The Morgan fingerprint density at radius 2 is 1.38 bits per heavy atom. The third-order valence-corrected chi connectivity index (χ3v) is 5.57. The minimum absolute atomic E-state index is 0.725. The molecule has 0 aromatic carbocycles. The first kappa shape index (κ1) is 20.0. The molecule has 0 aliphatic carbocycles. The molecule has 0 nitrogen and oxygen atoms in total. The maximum absolute atomic E-state index is 4.06. The lowest BCUT2D eigenvalue weighted by Crippen LogP contribution is -2.13. The molecule has 0 heterocycles. The van der Waals surface area contributed by atoms with Crippen LogP contribution in [0.15, 0.2) is 69.0 Å². The molecule has 0 amide bonds. The van der Waals surface area contributed by atoms with Crippen LogP contribution in [0.25, 0.3) is 0 Å². The van der Waals surface area contributed by atoms with Crippen molar-refractivity contribution in [2.75, 3.05) is 0 Å². The molecule has 0 aromatic rings. The van der Waals surface area contributed by atoms with E-state index in [9.17, 15) is 0 Å². The molecule has 0 rings (SSSR count). The van der Waals surface area contributed by atoms with Crippen LogP contribution in [0.5, 0.6) is 0 Å². The van der Waals surface area contributed by atoms with E-state index >= 15 is 0 Å². The predicted molar refractivity (Wildman–Crippen MR) is 101 cm³/mol. The largest absolute Gasteiger partial charge is 0.362 e. The normalized spacial score (nSPS) is 12.4. The van der Waals surface area contributed by atoms with Crippen LogP contribution in [0.3, 0.4) is 0 Å². The van der Waals surface area contributed by atoms with Gasteiger partial charge >= 0.3 is 14.1 Å². The van der Waals surface area contributed by atoms with Gasteiger partial charge in [-0.1, -0.05) is 68.5 Å². The van der Waals surface area contributed by atoms with Gasteiger partial charge in [-0.15, -0.1) is 14.3 Å². The Morgan fingerprint density at radius 3 is 1.71 bits per heavy atom. The highest BCUT2D eigenvalue weighted by Crippen LogP contribution is 2.18. The summed E-state index contributed by atoms with van der Waals surface area (Å²) in [5.41, 5.74) is 3.35. The summed E-state index contributed by atoms with van der Waals surface area (Å²) in [6.07, 6.45) is 8.97. The van der Waals surface area contributed by atoms with Gasteiger partial charge in [-0.25, -0.2) is 0 Å². The van der Waals surface area contributed by atoms with Gasteiger partial charge in [-0.2, -0.15) is 0 Å². The van der Waals surface area contributed by atoms with Crippen LogP contribution in [0.2, 0.25) is 0 Å². The minimum Gasteiger partial charge on any atom is -0.136 e. The summed E-state index contributed by atoms with van der Waals surface area (Å²) >= 11 is -1.26. The molecule has 0 bridgehead atoms. The molecule has 0 fully saturated rings. The van der Waals surface area contributed by atoms with Gasteiger partial charge in [-0.05, 0) is 39.5 Å². The van der Waals surface area contributed by atoms with Gasteiger partial charge < -0.3 is 0 Å². The van der Waals surface area contributed by atoms with E-state index in [0.29, 0.717) is 0 Å². The second-order valence-electron chi connectivity index (χ2n) is 6.43. The zero-order valence-electron chi connectivity index (χ0n) is 14.6. The van der Waals surface area contributed by atoms with E-state index in [1.165, 1.54) is 6.42 Å². The Morgan fingerprint density at radius 1 is 0.905 bits per heavy atom. The van der Waals surface area contributed by atoms with Crippen molar-refractivity contribution in [3.8, 4) is 0 Å². The van der Waals surface area contributed by atoms with Crippen molar-refractivity contribution in [3.63, 3.8) is 0 Å². The smallest absolute Gasteiger partial charge is 0.136 e. The number of hydrogen-bond acceptors (Lipinski definition) is 0. The highest BCUT2D eigenvalue weighted by Gasteiger charge is 2.16. The molecule has 0 unspecified atom stereocenters. The van der Waals surface area contributed by atoms with E-state index < -0.39 is 14.1 Å². The number of rotatable bonds is 9. The molecule has 0 saturated heterocycles. The quantitative estimate of drug-likeness (QED) is 0.346. The van der Waals surface area contributed by atoms with Crippen LogP contribution in [-0.4, -0.2) is 14.1 Å². The standard InChI is InChI=1S/C10H17.2C5H7.Al/c1-9(2)7-5-6-8-10(3)4;2*1-4-5(2)3;/h7,10H,1,6,8H2,2-4H3;2*1,4H,2H2,3H3;. The Kier molecular flexibility index (Phi) is 10.1. The van der Waals surface area contributed by atoms with Gasteiger partial charge in [0.15, 0.2) is 0 Å². The first-order chi connectivity index (χ1) is 9.72. The first-order valence-electron chi connectivity index (χ1n) is 7.75. The van der Waals surface area contributed by atoms with Crippen molar-refractivity contribution in [1.82, 2.24) is 0 Å². The molecule has 0 radical (unpaired) electrons. The molecule has 0 aliphatic heterocycles. The van der Waals surface area contributed by atoms with E-state index in [2.05, 4.69) is 68.6 Å². The van der Waals surface area contributed by atoms with E-state index in [1.807, 2.05) is 13.8 Å². The average Bonchev–Trinajstić information content (AvgIpc) is 2.33. The fourth-order valence-electron chi connectivity index (χ4n) is 1.95. The van der Waals surface area contributed by atoms with Crippen molar-refractivity contribution in [1.29, 1.82) is 0 Å². The van der Waals surface area contributed by atoms with Gasteiger partial charge in [0.25, 0.3) is 0 Å². The Hall–Kier alpha value is -1.03. The Bertz CT molecular complexity index is 434. The second kappa shape index (κ2) is 10.7. The van der Waals surface area contributed by atoms with Gasteiger partial charge in [0.2, 0.25) is 0 Å². The van der Waals surface area contributed by atoms with Crippen LogP contribution in [0, 0.1) is 5.92 Å². The van der Waals surface area contributed by atoms with Crippen LogP contribution in [-0.2, 0) is 0 Å². The maximum atomic E-state index is 4.06. The van der Waals surface area contributed by atoms with Gasteiger partial charge in [-0.3, -0.25) is 0 Å². The van der Waals surface area contributed by atoms with Gasteiger partial charge in [0.1, 0.15) is 0 Å². The van der Waals surface area contributed by atoms with Crippen LogP contribution in [0.1, 0.15) is 47.5 Å². The Labute approximate surface area is 136 Å². The molecule has 0 aliphatic rings. The molecule has 0 saturated carbocycles. The highest BCUT2D eigenvalue weighted by atomic mass is 27.2. The molecule has 0 N–H and O–H groups in total. The molecule has 21 heavy (non-hydrogen) atoms. The molecule has 1 heteroatoms. The predicted octanol–water partition coefficient (Wildman–Crippen LogP) is 6.30.